The summed E-state index contributed by atoms with van der Waals surface area (Å²) in [5.74, 6) is 0.973. The van der Waals surface area contributed by atoms with Crippen molar-refractivity contribution < 1.29 is 14.3 Å². The molecule has 136 valence electrons. The lowest BCUT2D eigenvalue weighted by molar-refractivity contribution is -0.116. The van der Waals surface area contributed by atoms with Gasteiger partial charge >= 0.3 is 0 Å². The van der Waals surface area contributed by atoms with Crippen molar-refractivity contribution >= 4 is 27.5 Å². The summed E-state index contributed by atoms with van der Waals surface area (Å²) in [6, 6.07) is 13.9. The molecule has 1 aliphatic rings. The lowest BCUT2D eigenvalue weighted by atomic mass is 10.1. The second-order valence-corrected chi connectivity index (χ2v) is 6.78. The number of benzene rings is 2. The molecule has 1 aliphatic heterocycles. The molecular weight excluding hydrogens is 414 g/mol. The standard InChI is InChI=1S/C19H14BrN3O4/c20-13-2-4-14(5-3-13)22-18(24)9-23-10-21-15(8-19(23)25)12-1-6-16-17(7-12)27-11-26-16/h1-8,10H,9,11H2,(H,22,24). The number of nitrogens with zero attached hydrogens (tertiary/aromatic N) is 2. The highest BCUT2D eigenvalue weighted by atomic mass is 79.9. The predicted octanol–water partition coefficient (Wildman–Crippen LogP) is 3.04. The molecule has 3 aromatic rings. The van der Waals surface area contributed by atoms with E-state index in [-0.39, 0.29) is 24.8 Å². The van der Waals surface area contributed by atoms with Gasteiger partial charge in [0.1, 0.15) is 6.54 Å². The van der Waals surface area contributed by atoms with Gasteiger partial charge in [0, 0.05) is 21.8 Å². The highest BCUT2D eigenvalue weighted by Gasteiger charge is 2.15. The molecule has 2 aromatic carbocycles. The van der Waals surface area contributed by atoms with E-state index in [4.69, 9.17) is 9.47 Å². The molecule has 0 atom stereocenters. The Bertz CT molecular complexity index is 1060. The van der Waals surface area contributed by atoms with E-state index in [1.807, 2.05) is 12.1 Å². The average Bonchev–Trinajstić information content (AvgIpc) is 3.13. The summed E-state index contributed by atoms with van der Waals surface area (Å²) < 4.78 is 12.8. The summed E-state index contributed by atoms with van der Waals surface area (Å²) in [5, 5.41) is 2.74. The van der Waals surface area contributed by atoms with Crippen LogP contribution in [0.2, 0.25) is 0 Å². The van der Waals surface area contributed by atoms with Gasteiger partial charge in [0.2, 0.25) is 12.7 Å². The number of aromatic nitrogens is 2. The van der Waals surface area contributed by atoms with E-state index in [0.29, 0.717) is 22.9 Å². The number of anilines is 1. The molecule has 1 amide bonds. The summed E-state index contributed by atoms with van der Waals surface area (Å²) >= 11 is 3.34. The first-order valence-corrected chi connectivity index (χ1v) is 8.90. The topological polar surface area (TPSA) is 82.5 Å². The Morgan fingerprint density at radius 2 is 1.89 bits per heavy atom. The summed E-state index contributed by atoms with van der Waals surface area (Å²) in [7, 11) is 0. The molecule has 4 rings (SSSR count). The third-order valence-electron chi connectivity index (χ3n) is 3.99. The molecule has 2 heterocycles. The number of ether oxygens (including phenoxy) is 2. The van der Waals surface area contributed by atoms with E-state index in [0.717, 1.165) is 10.0 Å². The van der Waals surface area contributed by atoms with Gasteiger partial charge < -0.3 is 14.8 Å². The van der Waals surface area contributed by atoms with Crippen LogP contribution in [0, 0.1) is 0 Å². The van der Waals surface area contributed by atoms with Gasteiger partial charge in [-0.3, -0.25) is 14.2 Å². The summed E-state index contributed by atoms with van der Waals surface area (Å²) in [6.45, 7) is 0.0601. The summed E-state index contributed by atoms with van der Waals surface area (Å²) in [6.07, 6.45) is 1.36. The Kier molecular flexibility index (Phi) is 4.64. The van der Waals surface area contributed by atoms with Crippen LogP contribution in [0.1, 0.15) is 0 Å². The van der Waals surface area contributed by atoms with Crippen LogP contribution in [0.5, 0.6) is 11.5 Å². The van der Waals surface area contributed by atoms with Crippen molar-refractivity contribution in [3.8, 4) is 22.8 Å². The molecular formula is C19H14BrN3O4. The van der Waals surface area contributed by atoms with E-state index in [1.54, 1.807) is 30.3 Å². The molecule has 0 spiro atoms. The highest BCUT2D eigenvalue weighted by molar-refractivity contribution is 9.10. The highest BCUT2D eigenvalue weighted by Crippen LogP contribution is 2.35. The minimum atomic E-state index is -0.316. The van der Waals surface area contributed by atoms with E-state index in [9.17, 15) is 9.59 Å². The van der Waals surface area contributed by atoms with Gasteiger partial charge in [-0.25, -0.2) is 4.98 Å². The molecule has 0 unspecified atom stereocenters. The van der Waals surface area contributed by atoms with Crippen LogP contribution in [0.3, 0.4) is 0 Å². The number of halogens is 1. The van der Waals surface area contributed by atoms with E-state index in [2.05, 4.69) is 26.2 Å². The van der Waals surface area contributed by atoms with Crippen molar-refractivity contribution in [1.29, 1.82) is 0 Å². The van der Waals surface area contributed by atoms with Crippen LogP contribution in [0.25, 0.3) is 11.3 Å². The normalized spacial score (nSPS) is 12.0. The van der Waals surface area contributed by atoms with Crippen molar-refractivity contribution in [3.63, 3.8) is 0 Å². The van der Waals surface area contributed by atoms with Gasteiger partial charge in [-0.15, -0.1) is 0 Å². The average molecular weight is 428 g/mol. The summed E-state index contributed by atoms with van der Waals surface area (Å²) in [5.41, 5.74) is 1.58. The fourth-order valence-corrected chi connectivity index (χ4v) is 2.91. The smallest absolute Gasteiger partial charge is 0.254 e. The van der Waals surface area contributed by atoms with Crippen molar-refractivity contribution in [3.05, 3.63) is 69.7 Å². The summed E-state index contributed by atoms with van der Waals surface area (Å²) in [4.78, 5) is 28.8. The first kappa shape index (κ1) is 17.3. The molecule has 0 bridgehead atoms. The third-order valence-corrected chi connectivity index (χ3v) is 4.52. The minimum absolute atomic E-state index is 0.122. The van der Waals surface area contributed by atoms with Crippen LogP contribution < -0.4 is 20.3 Å². The Hall–Kier alpha value is -3.13. The quantitative estimate of drug-likeness (QED) is 0.691. The maximum Gasteiger partial charge on any atom is 0.254 e. The number of carbonyl (C=O) groups is 1. The molecule has 1 aromatic heterocycles. The molecule has 0 saturated carbocycles. The number of nitrogens with one attached hydrogen (secondary N) is 1. The number of amides is 1. The molecule has 0 aliphatic carbocycles. The van der Waals surface area contributed by atoms with Crippen LogP contribution in [-0.2, 0) is 11.3 Å². The molecule has 27 heavy (non-hydrogen) atoms. The van der Waals surface area contributed by atoms with E-state index >= 15 is 0 Å². The van der Waals surface area contributed by atoms with Crippen LogP contribution in [0.15, 0.2) is 64.1 Å². The lowest BCUT2D eigenvalue weighted by Crippen LogP contribution is -2.27. The molecule has 8 heteroatoms. The Balaban J connectivity index is 1.49. The van der Waals surface area contributed by atoms with Gasteiger partial charge in [-0.1, -0.05) is 15.9 Å². The monoisotopic (exact) mass is 427 g/mol. The zero-order valence-corrected chi connectivity index (χ0v) is 15.6. The molecule has 7 nitrogen and oxygen atoms in total. The largest absolute Gasteiger partial charge is 0.454 e. The second kappa shape index (κ2) is 7.24. The van der Waals surface area contributed by atoms with E-state index in [1.165, 1.54) is 17.0 Å². The van der Waals surface area contributed by atoms with Crippen molar-refractivity contribution in [2.24, 2.45) is 0 Å². The zero-order valence-electron chi connectivity index (χ0n) is 14.0. The van der Waals surface area contributed by atoms with Crippen LogP contribution in [-0.4, -0.2) is 22.3 Å². The van der Waals surface area contributed by atoms with Gasteiger partial charge in [0.25, 0.3) is 5.56 Å². The van der Waals surface area contributed by atoms with Crippen LogP contribution in [0.4, 0.5) is 5.69 Å². The number of fused-ring (bicyclic) bond motifs is 1. The SMILES string of the molecule is O=C(Cn1cnc(-c2ccc3c(c2)OCO3)cc1=O)Nc1ccc(Br)cc1. The van der Waals surface area contributed by atoms with E-state index < -0.39 is 0 Å². The van der Waals surface area contributed by atoms with Gasteiger partial charge in [-0.2, -0.15) is 0 Å². The van der Waals surface area contributed by atoms with Gasteiger partial charge in [0.15, 0.2) is 11.5 Å². The minimum Gasteiger partial charge on any atom is -0.454 e. The fraction of sp³-hybridized carbons (Fsp3) is 0.105. The number of hydrogen-bond donors (Lipinski definition) is 1. The van der Waals surface area contributed by atoms with Crippen LogP contribution >= 0.6 is 15.9 Å². The maximum atomic E-state index is 12.4. The van der Waals surface area contributed by atoms with Crippen molar-refractivity contribution in [2.75, 3.05) is 12.1 Å². The molecule has 0 fully saturated rings. The van der Waals surface area contributed by atoms with Gasteiger partial charge in [-0.05, 0) is 42.5 Å². The Morgan fingerprint density at radius 1 is 1.11 bits per heavy atom. The number of hydrogen-bond acceptors (Lipinski definition) is 5. The molecule has 0 radical (unpaired) electrons. The Morgan fingerprint density at radius 3 is 2.67 bits per heavy atom. The third kappa shape index (κ3) is 3.85. The number of carbonyl (C=O) groups excluding carboxylic acids is 1. The predicted molar refractivity (Wildman–Crippen MR) is 103 cm³/mol. The zero-order chi connectivity index (χ0) is 18.8. The molecule has 1 N–H and O–H groups in total. The van der Waals surface area contributed by atoms with Crippen molar-refractivity contribution in [1.82, 2.24) is 9.55 Å². The second-order valence-electron chi connectivity index (χ2n) is 5.86. The maximum absolute atomic E-state index is 12.4. The Labute approximate surface area is 162 Å². The van der Waals surface area contributed by atoms with Gasteiger partial charge in [0.05, 0.1) is 12.0 Å². The lowest BCUT2D eigenvalue weighted by Gasteiger charge is -2.08. The first-order valence-electron chi connectivity index (χ1n) is 8.10. The fourth-order valence-electron chi connectivity index (χ4n) is 2.65. The molecule has 0 saturated heterocycles. The van der Waals surface area contributed by atoms with Crippen molar-refractivity contribution in [2.45, 2.75) is 6.54 Å². The first-order chi connectivity index (χ1) is 13.1. The number of rotatable bonds is 4.